The lowest BCUT2D eigenvalue weighted by atomic mass is 9.85. The Morgan fingerprint density at radius 1 is 1.03 bits per heavy atom. The average Bonchev–Trinajstić information content (AvgIpc) is 3.10. The number of aryl methyl sites for hydroxylation is 1. The van der Waals surface area contributed by atoms with E-state index in [0.717, 1.165) is 5.56 Å². The fourth-order valence-corrected chi connectivity index (χ4v) is 4.39. The predicted molar refractivity (Wildman–Crippen MR) is 133 cm³/mol. The highest BCUT2D eigenvalue weighted by molar-refractivity contribution is 6.49. The Hall–Kier alpha value is -3.68. The molecule has 1 amide bonds. The minimum absolute atomic E-state index is 0.0131. The van der Waals surface area contributed by atoms with Gasteiger partial charge in [0.05, 0.1) is 24.4 Å². The fourth-order valence-electron chi connectivity index (χ4n) is 4.39. The molecule has 1 aromatic heterocycles. The number of hydrogen-bond donors (Lipinski definition) is 0. The Kier molecular flexibility index (Phi) is 6.91. The van der Waals surface area contributed by atoms with Crippen LogP contribution in [0.4, 0.5) is 5.82 Å². The monoisotopic (exact) mass is 474 g/mol. The lowest BCUT2D eigenvalue weighted by molar-refractivity contribution is -0.135. The van der Waals surface area contributed by atoms with E-state index in [-0.39, 0.29) is 24.2 Å². The summed E-state index contributed by atoms with van der Waals surface area (Å²) in [4.78, 5) is 45.9. The number of ketones is 2. The van der Waals surface area contributed by atoms with Gasteiger partial charge in [-0.15, -0.1) is 5.10 Å². The van der Waals surface area contributed by atoms with E-state index in [9.17, 15) is 14.4 Å². The molecule has 2 unspecified atom stereocenters. The van der Waals surface area contributed by atoms with Gasteiger partial charge in [-0.2, -0.15) is 5.10 Å². The topological polar surface area (TPSA) is 102 Å². The SMILES string of the molecule is Cc1ccc(N2C(=O)C(=O)C(C(=O)c3ccc(C(C)C)cc3)C2C2=CCC(OC(C)C)=NC2)nn1. The second-order valence-electron chi connectivity index (χ2n) is 9.50. The first kappa shape index (κ1) is 24.4. The van der Waals surface area contributed by atoms with Crippen LogP contribution in [0.3, 0.4) is 0 Å². The smallest absolute Gasteiger partial charge is 0.297 e. The zero-order valence-electron chi connectivity index (χ0n) is 20.7. The van der Waals surface area contributed by atoms with Gasteiger partial charge in [-0.25, -0.2) is 0 Å². The Morgan fingerprint density at radius 3 is 2.29 bits per heavy atom. The van der Waals surface area contributed by atoms with Crippen molar-refractivity contribution in [3.8, 4) is 0 Å². The molecule has 35 heavy (non-hydrogen) atoms. The number of dihydropyridines is 1. The fraction of sp³-hybridized carbons (Fsp3) is 0.407. The molecular weight excluding hydrogens is 444 g/mol. The van der Waals surface area contributed by atoms with Gasteiger partial charge in [0.25, 0.3) is 5.91 Å². The molecule has 2 atom stereocenters. The number of benzene rings is 1. The number of amides is 1. The quantitative estimate of drug-likeness (QED) is 0.273. The molecule has 0 N–H and O–H groups in total. The number of aliphatic imine (C=N–C) groups is 1. The van der Waals surface area contributed by atoms with Crippen molar-refractivity contribution < 1.29 is 19.1 Å². The number of carbonyl (C=O) groups excluding carboxylic acids is 3. The van der Waals surface area contributed by atoms with E-state index in [0.29, 0.717) is 35.1 Å². The zero-order valence-corrected chi connectivity index (χ0v) is 20.7. The summed E-state index contributed by atoms with van der Waals surface area (Å²) in [5, 5.41) is 8.20. The molecule has 0 aliphatic carbocycles. The molecule has 2 aliphatic heterocycles. The van der Waals surface area contributed by atoms with Gasteiger partial charge in [-0.3, -0.25) is 24.3 Å². The van der Waals surface area contributed by atoms with Gasteiger partial charge in [0.2, 0.25) is 5.78 Å². The Bertz CT molecular complexity index is 1200. The highest BCUT2D eigenvalue weighted by Gasteiger charge is 2.53. The van der Waals surface area contributed by atoms with Crippen LogP contribution in [0.5, 0.6) is 0 Å². The van der Waals surface area contributed by atoms with Gasteiger partial charge >= 0.3 is 0 Å². The number of nitrogens with zero attached hydrogens (tertiary/aromatic N) is 4. The molecule has 4 rings (SSSR count). The Morgan fingerprint density at radius 2 is 1.74 bits per heavy atom. The van der Waals surface area contributed by atoms with Gasteiger partial charge in [0, 0.05) is 12.0 Å². The van der Waals surface area contributed by atoms with E-state index >= 15 is 0 Å². The van der Waals surface area contributed by atoms with Crippen LogP contribution < -0.4 is 4.90 Å². The summed E-state index contributed by atoms with van der Waals surface area (Å²) in [5.41, 5.74) is 2.87. The molecule has 0 saturated carbocycles. The van der Waals surface area contributed by atoms with Crippen LogP contribution >= 0.6 is 0 Å². The third-order valence-corrected chi connectivity index (χ3v) is 6.21. The van der Waals surface area contributed by atoms with E-state index in [4.69, 9.17) is 4.74 Å². The molecule has 3 heterocycles. The van der Waals surface area contributed by atoms with Crippen LogP contribution in [0.2, 0.25) is 0 Å². The standard InChI is InChI=1S/C27H30N4O4/c1-15(2)18-7-9-19(10-8-18)25(32)23-24(20-11-13-22(28-14-20)35-16(3)4)31(27(34)26(23)33)21-12-6-17(5)29-30-21/h6-12,15-16,23-24H,13-14H2,1-5H3. The minimum atomic E-state index is -1.19. The highest BCUT2D eigenvalue weighted by Crippen LogP contribution is 2.35. The summed E-state index contributed by atoms with van der Waals surface area (Å²) < 4.78 is 5.71. The summed E-state index contributed by atoms with van der Waals surface area (Å²) in [5.74, 6) is -1.95. The number of anilines is 1. The van der Waals surface area contributed by atoms with E-state index < -0.39 is 23.7 Å². The molecule has 8 nitrogen and oxygen atoms in total. The second-order valence-corrected chi connectivity index (χ2v) is 9.50. The van der Waals surface area contributed by atoms with Crippen molar-refractivity contribution in [3.63, 3.8) is 0 Å². The molecule has 2 aromatic rings. The summed E-state index contributed by atoms with van der Waals surface area (Å²) in [6, 6.07) is 9.76. The number of carbonyl (C=O) groups is 3. The van der Waals surface area contributed by atoms with E-state index in [1.807, 2.05) is 32.1 Å². The molecular formula is C27H30N4O4. The number of Topliss-reactive ketones (excluding diaryl/α,β-unsaturated/α-hetero) is 2. The molecule has 2 aliphatic rings. The van der Waals surface area contributed by atoms with Crippen LogP contribution in [0, 0.1) is 12.8 Å². The summed E-state index contributed by atoms with van der Waals surface area (Å²) in [6.45, 7) is 9.99. The lowest BCUT2D eigenvalue weighted by Gasteiger charge is -2.29. The summed E-state index contributed by atoms with van der Waals surface area (Å²) in [6.07, 6.45) is 2.31. The van der Waals surface area contributed by atoms with Gasteiger partial charge < -0.3 is 4.74 Å². The first-order chi connectivity index (χ1) is 16.7. The third kappa shape index (κ3) is 4.92. The molecule has 0 bridgehead atoms. The second kappa shape index (κ2) is 9.90. The Labute approximate surface area is 205 Å². The third-order valence-electron chi connectivity index (χ3n) is 6.21. The van der Waals surface area contributed by atoms with Crippen LogP contribution in [0.15, 0.2) is 53.0 Å². The molecule has 8 heteroatoms. The molecule has 0 radical (unpaired) electrons. The zero-order chi connectivity index (χ0) is 25.3. The average molecular weight is 475 g/mol. The predicted octanol–water partition coefficient (Wildman–Crippen LogP) is 3.85. The van der Waals surface area contributed by atoms with Crippen molar-refractivity contribution in [2.45, 2.75) is 59.1 Å². The van der Waals surface area contributed by atoms with Crippen LogP contribution in [0.25, 0.3) is 0 Å². The van der Waals surface area contributed by atoms with Crippen molar-refractivity contribution in [1.82, 2.24) is 10.2 Å². The highest BCUT2D eigenvalue weighted by atomic mass is 16.5. The minimum Gasteiger partial charge on any atom is -0.478 e. The van der Waals surface area contributed by atoms with E-state index in [1.165, 1.54) is 4.90 Å². The number of hydrogen-bond acceptors (Lipinski definition) is 7. The lowest BCUT2D eigenvalue weighted by Crippen LogP contribution is -2.41. The number of aromatic nitrogens is 2. The van der Waals surface area contributed by atoms with Crippen molar-refractivity contribution in [2.24, 2.45) is 10.9 Å². The largest absolute Gasteiger partial charge is 0.478 e. The summed E-state index contributed by atoms with van der Waals surface area (Å²) in [7, 11) is 0. The molecule has 1 fully saturated rings. The Balaban J connectivity index is 1.73. The maximum absolute atomic E-state index is 13.7. The van der Waals surface area contributed by atoms with Gasteiger partial charge in [-0.05, 0) is 50.0 Å². The molecule has 0 spiro atoms. The van der Waals surface area contributed by atoms with Crippen LogP contribution in [-0.2, 0) is 14.3 Å². The van der Waals surface area contributed by atoms with Crippen molar-refractivity contribution in [1.29, 1.82) is 0 Å². The maximum Gasteiger partial charge on any atom is 0.297 e. The molecule has 1 aromatic carbocycles. The maximum atomic E-state index is 13.7. The first-order valence-corrected chi connectivity index (χ1v) is 11.9. The van der Waals surface area contributed by atoms with Crippen molar-refractivity contribution in [2.75, 3.05) is 11.4 Å². The van der Waals surface area contributed by atoms with E-state index in [1.54, 1.807) is 31.2 Å². The molecule has 182 valence electrons. The molecule has 1 saturated heterocycles. The van der Waals surface area contributed by atoms with Crippen molar-refractivity contribution in [3.05, 3.63) is 64.9 Å². The number of ether oxygens (including phenoxy) is 1. The van der Waals surface area contributed by atoms with Gasteiger partial charge in [0.1, 0.15) is 5.92 Å². The first-order valence-electron chi connectivity index (χ1n) is 11.9. The normalized spacial score (nSPS) is 20.4. The van der Waals surface area contributed by atoms with Crippen LogP contribution in [0.1, 0.15) is 61.6 Å². The van der Waals surface area contributed by atoms with Crippen LogP contribution in [-0.4, -0.2) is 52.3 Å². The van der Waals surface area contributed by atoms with E-state index in [2.05, 4.69) is 29.0 Å². The number of rotatable bonds is 6. The summed E-state index contributed by atoms with van der Waals surface area (Å²) >= 11 is 0. The van der Waals surface area contributed by atoms with Gasteiger partial charge in [0.15, 0.2) is 17.5 Å². The van der Waals surface area contributed by atoms with Crippen molar-refractivity contribution >= 4 is 29.2 Å². The van der Waals surface area contributed by atoms with Gasteiger partial charge in [-0.1, -0.05) is 44.2 Å².